The third-order valence-electron chi connectivity index (χ3n) is 4.77. The van der Waals surface area contributed by atoms with E-state index >= 15 is 0 Å². The molecule has 4 aromatic carbocycles. The normalized spacial score (nSPS) is 11.3. The Labute approximate surface area is 156 Å². The molecule has 5 rings (SSSR count). The van der Waals surface area contributed by atoms with Crippen molar-refractivity contribution in [2.24, 2.45) is 0 Å². The summed E-state index contributed by atoms with van der Waals surface area (Å²) in [5.74, 6) is 0. The van der Waals surface area contributed by atoms with Gasteiger partial charge in [0.15, 0.2) is 0 Å². The van der Waals surface area contributed by atoms with Crippen molar-refractivity contribution in [3.63, 3.8) is 0 Å². The minimum atomic E-state index is 0.726. The molecule has 124 valence electrons. The monoisotopic (exact) mass is 354 g/mol. The van der Waals surface area contributed by atoms with Gasteiger partial charge in [-0.2, -0.15) is 0 Å². The van der Waals surface area contributed by atoms with Crippen LogP contribution in [0, 0.1) is 0 Å². The number of rotatable bonds is 2. The lowest BCUT2D eigenvalue weighted by molar-refractivity contribution is 0.671. The summed E-state index contributed by atoms with van der Waals surface area (Å²) in [6.07, 6.45) is 0. The molecule has 1 aromatic heterocycles. The summed E-state index contributed by atoms with van der Waals surface area (Å²) in [6, 6.07) is 30.8. The van der Waals surface area contributed by atoms with Crippen LogP contribution in [-0.2, 0) is 0 Å². The number of fused-ring (bicyclic) bond motifs is 3. The Morgan fingerprint density at radius 3 is 1.81 bits per heavy atom. The topological polar surface area (TPSA) is 13.1 Å². The Morgan fingerprint density at radius 2 is 1.08 bits per heavy atom. The summed E-state index contributed by atoms with van der Waals surface area (Å²) < 4.78 is 6.42. The maximum atomic E-state index is 6.44. The highest BCUT2D eigenvalue weighted by Gasteiger charge is 2.16. The van der Waals surface area contributed by atoms with Gasteiger partial charge in [-0.15, -0.1) is 0 Å². The molecule has 2 heteroatoms. The molecule has 0 amide bonds. The number of para-hydroxylation sites is 2. The van der Waals surface area contributed by atoms with E-state index in [0.29, 0.717) is 0 Å². The lowest BCUT2D eigenvalue weighted by atomic mass is 10.0. The maximum Gasteiger partial charge on any atom is 0.143 e. The van der Waals surface area contributed by atoms with Crippen molar-refractivity contribution in [1.82, 2.24) is 0 Å². The highest BCUT2D eigenvalue weighted by Crippen LogP contribution is 2.40. The zero-order valence-electron chi connectivity index (χ0n) is 13.9. The Morgan fingerprint density at radius 1 is 0.500 bits per heavy atom. The summed E-state index contributed by atoms with van der Waals surface area (Å²) >= 11 is 6.44. The lowest BCUT2D eigenvalue weighted by Gasteiger charge is -2.04. The van der Waals surface area contributed by atoms with E-state index in [1.54, 1.807) is 0 Å². The van der Waals surface area contributed by atoms with Crippen LogP contribution in [0.3, 0.4) is 0 Å². The predicted octanol–water partition coefficient (Wildman–Crippen LogP) is 7.57. The predicted molar refractivity (Wildman–Crippen MR) is 110 cm³/mol. The van der Waals surface area contributed by atoms with E-state index in [0.717, 1.165) is 49.2 Å². The maximum absolute atomic E-state index is 6.44. The molecular formula is C24H15ClO. The first-order chi connectivity index (χ1) is 12.8. The van der Waals surface area contributed by atoms with Gasteiger partial charge in [0, 0.05) is 32.5 Å². The van der Waals surface area contributed by atoms with Gasteiger partial charge >= 0.3 is 0 Å². The molecule has 0 unspecified atom stereocenters. The lowest BCUT2D eigenvalue weighted by Crippen LogP contribution is -1.79. The second-order valence-electron chi connectivity index (χ2n) is 6.31. The van der Waals surface area contributed by atoms with Gasteiger partial charge in [-0.1, -0.05) is 96.5 Å². The van der Waals surface area contributed by atoms with Gasteiger partial charge in [-0.3, -0.25) is 0 Å². The van der Waals surface area contributed by atoms with Crippen molar-refractivity contribution in [3.05, 3.63) is 96.0 Å². The van der Waals surface area contributed by atoms with E-state index in [4.69, 9.17) is 16.0 Å². The van der Waals surface area contributed by atoms with Gasteiger partial charge in [0.2, 0.25) is 0 Å². The van der Waals surface area contributed by atoms with Crippen molar-refractivity contribution in [2.75, 3.05) is 0 Å². The SMILES string of the molecule is Clc1ccccc1-c1cccc2c1oc1c(-c3ccccc3)cccc12. The molecule has 0 aliphatic carbocycles. The first kappa shape index (κ1) is 15.2. The van der Waals surface area contributed by atoms with E-state index in [2.05, 4.69) is 48.5 Å². The Hall–Kier alpha value is -3.03. The van der Waals surface area contributed by atoms with Crippen LogP contribution in [0.15, 0.2) is 95.4 Å². The third-order valence-corrected chi connectivity index (χ3v) is 5.10. The molecule has 0 N–H and O–H groups in total. The Balaban J connectivity index is 1.86. The number of hydrogen-bond acceptors (Lipinski definition) is 1. The van der Waals surface area contributed by atoms with Gasteiger partial charge in [-0.05, 0) is 11.6 Å². The second-order valence-corrected chi connectivity index (χ2v) is 6.72. The van der Waals surface area contributed by atoms with Gasteiger partial charge < -0.3 is 4.42 Å². The van der Waals surface area contributed by atoms with Crippen molar-refractivity contribution in [2.45, 2.75) is 0 Å². The largest absolute Gasteiger partial charge is 0.455 e. The van der Waals surface area contributed by atoms with Crippen LogP contribution in [0.5, 0.6) is 0 Å². The van der Waals surface area contributed by atoms with Crippen molar-refractivity contribution in [3.8, 4) is 22.3 Å². The first-order valence-corrected chi connectivity index (χ1v) is 8.95. The molecule has 0 spiro atoms. The zero-order chi connectivity index (χ0) is 17.5. The summed E-state index contributed by atoms with van der Waals surface area (Å²) in [7, 11) is 0. The molecular weight excluding hydrogens is 340 g/mol. The average Bonchev–Trinajstić information content (AvgIpc) is 3.08. The molecule has 26 heavy (non-hydrogen) atoms. The quantitative estimate of drug-likeness (QED) is 0.318. The molecule has 0 fully saturated rings. The van der Waals surface area contributed by atoms with Crippen molar-refractivity contribution >= 4 is 33.5 Å². The van der Waals surface area contributed by atoms with Crippen LogP contribution in [0.25, 0.3) is 44.2 Å². The minimum absolute atomic E-state index is 0.726. The minimum Gasteiger partial charge on any atom is -0.455 e. The third kappa shape index (κ3) is 2.33. The van der Waals surface area contributed by atoms with Crippen LogP contribution >= 0.6 is 11.6 Å². The van der Waals surface area contributed by atoms with Crippen LogP contribution in [0.4, 0.5) is 0 Å². The van der Waals surface area contributed by atoms with Crippen LogP contribution < -0.4 is 0 Å². The molecule has 5 aromatic rings. The fraction of sp³-hybridized carbons (Fsp3) is 0. The standard InChI is InChI=1S/C24H15ClO/c25-22-15-5-4-10-18(22)19-12-7-14-21-20-13-6-11-17(23(20)26-24(19)21)16-8-2-1-3-9-16/h1-15H. The van der Waals surface area contributed by atoms with E-state index < -0.39 is 0 Å². The molecule has 0 aliphatic heterocycles. The molecule has 0 atom stereocenters. The molecule has 1 heterocycles. The molecule has 0 saturated carbocycles. The van der Waals surface area contributed by atoms with Crippen LogP contribution in [0.2, 0.25) is 5.02 Å². The molecule has 0 saturated heterocycles. The summed E-state index contributed by atoms with van der Waals surface area (Å²) in [5, 5.41) is 2.95. The fourth-order valence-electron chi connectivity index (χ4n) is 3.56. The van der Waals surface area contributed by atoms with Gasteiger partial charge in [0.05, 0.1) is 0 Å². The summed E-state index contributed by atoms with van der Waals surface area (Å²) in [4.78, 5) is 0. The molecule has 0 radical (unpaired) electrons. The van der Waals surface area contributed by atoms with E-state index in [-0.39, 0.29) is 0 Å². The summed E-state index contributed by atoms with van der Waals surface area (Å²) in [6.45, 7) is 0. The second kappa shape index (κ2) is 6.05. The first-order valence-electron chi connectivity index (χ1n) is 8.57. The van der Waals surface area contributed by atoms with Crippen molar-refractivity contribution in [1.29, 1.82) is 0 Å². The number of halogens is 1. The number of benzene rings is 4. The fourth-order valence-corrected chi connectivity index (χ4v) is 3.79. The molecule has 1 nitrogen and oxygen atoms in total. The highest BCUT2D eigenvalue weighted by atomic mass is 35.5. The van der Waals surface area contributed by atoms with Crippen LogP contribution in [0.1, 0.15) is 0 Å². The molecule has 0 bridgehead atoms. The van der Waals surface area contributed by atoms with Gasteiger partial charge in [0.25, 0.3) is 0 Å². The van der Waals surface area contributed by atoms with E-state index in [1.807, 2.05) is 42.5 Å². The van der Waals surface area contributed by atoms with E-state index in [9.17, 15) is 0 Å². The summed E-state index contributed by atoms with van der Waals surface area (Å²) in [5.41, 5.74) is 6.04. The Bertz CT molecular complexity index is 1240. The van der Waals surface area contributed by atoms with Gasteiger partial charge in [-0.25, -0.2) is 0 Å². The van der Waals surface area contributed by atoms with Crippen LogP contribution in [-0.4, -0.2) is 0 Å². The average molecular weight is 355 g/mol. The van der Waals surface area contributed by atoms with E-state index in [1.165, 1.54) is 0 Å². The smallest absolute Gasteiger partial charge is 0.143 e. The number of furan rings is 1. The highest BCUT2D eigenvalue weighted by molar-refractivity contribution is 6.33. The number of hydrogen-bond donors (Lipinski definition) is 0. The van der Waals surface area contributed by atoms with Gasteiger partial charge in [0.1, 0.15) is 11.2 Å². The Kier molecular flexibility index (Phi) is 3.55. The van der Waals surface area contributed by atoms with Crippen molar-refractivity contribution < 1.29 is 4.42 Å². The molecule has 0 aliphatic rings. The zero-order valence-corrected chi connectivity index (χ0v) is 14.7.